The molecule has 1 aromatic rings. The monoisotopic (exact) mass is 293 g/mol. The van der Waals surface area contributed by atoms with Crippen molar-refractivity contribution in [1.82, 2.24) is 14.4 Å². The molecule has 2 rings (SSSR count). The molecule has 1 fully saturated rings. The molecule has 1 saturated heterocycles. The van der Waals surface area contributed by atoms with E-state index in [9.17, 15) is 14.7 Å². The second-order valence-electron chi connectivity index (χ2n) is 5.78. The van der Waals surface area contributed by atoms with Crippen molar-refractivity contribution in [2.75, 3.05) is 27.2 Å². The molecule has 1 atom stereocenters. The van der Waals surface area contributed by atoms with E-state index in [0.717, 1.165) is 25.9 Å². The van der Waals surface area contributed by atoms with Gasteiger partial charge in [-0.2, -0.15) is 0 Å². The highest BCUT2D eigenvalue weighted by Gasteiger charge is 2.29. The standard InChI is InChI=1S/C15H23N3O3/c1-11(14(19)16(2)3)17-9-6-12(7-10-17)18-8-4-5-13(18)15(20)21/h4-5,8,11-12H,6-7,9-10H2,1-3H3,(H,20,21). The van der Waals surface area contributed by atoms with Gasteiger partial charge < -0.3 is 14.6 Å². The minimum atomic E-state index is -0.890. The van der Waals surface area contributed by atoms with Crippen LogP contribution in [-0.4, -0.2) is 64.6 Å². The van der Waals surface area contributed by atoms with Gasteiger partial charge >= 0.3 is 5.97 Å². The van der Waals surface area contributed by atoms with Crippen molar-refractivity contribution in [1.29, 1.82) is 0 Å². The number of nitrogens with zero attached hydrogens (tertiary/aromatic N) is 3. The molecule has 2 heterocycles. The lowest BCUT2D eigenvalue weighted by molar-refractivity contribution is -0.134. The molecule has 1 amide bonds. The van der Waals surface area contributed by atoms with E-state index in [1.54, 1.807) is 31.1 Å². The van der Waals surface area contributed by atoms with E-state index in [2.05, 4.69) is 4.90 Å². The van der Waals surface area contributed by atoms with Gasteiger partial charge in [-0.1, -0.05) is 0 Å². The Bertz CT molecular complexity index is 516. The first-order valence-electron chi connectivity index (χ1n) is 7.27. The van der Waals surface area contributed by atoms with E-state index in [4.69, 9.17) is 0 Å². The van der Waals surface area contributed by atoms with Gasteiger partial charge in [-0.25, -0.2) is 4.79 Å². The smallest absolute Gasteiger partial charge is 0.352 e. The quantitative estimate of drug-likeness (QED) is 0.908. The van der Waals surface area contributed by atoms with Gasteiger partial charge in [0.05, 0.1) is 6.04 Å². The van der Waals surface area contributed by atoms with E-state index in [1.165, 1.54) is 0 Å². The highest BCUT2D eigenvalue weighted by atomic mass is 16.4. The molecular weight excluding hydrogens is 270 g/mol. The van der Waals surface area contributed by atoms with Gasteiger partial charge in [0, 0.05) is 39.4 Å². The molecule has 0 radical (unpaired) electrons. The lowest BCUT2D eigenvalue weighted by atomic mass is 10.0. The Hall–Kier alpha value is -1.82. The molecule has 116 valence electrons. The molecule has 0 saturated carbocycles. The predicted octanol–water partition coefficient (Wildman–Crippen LogP) is 1.30. The van der Waals surface area contributed by atoms with Crippen LogP contribution >= 0.6 is 0 Å². The molecule has 1 aromatic heterocycles. The van der Waals surface area contributed by atoms with Gasteiger partial charge in [0.1, 0.15) is 5.69 Å². The van der Waals surface area contributed by atoms with Crippen LogP contribution in [0.3, 0.4) is 0 Å². The summed E-state index contributed by atoms with van der Waals surface area (Å²) in [7, 11) is 3.54. The highest BCUT2D eigenvalue weighted by Crippen LogP contribution is 2.25. The first-order chi connectivity index (χ1) is 9.91. The first-order valence-corrected chi connectivity index (χ1v) is 7.27. The zero-order valence-electron chi connectivity index (χ0n) is 12.8. The number of likely N-dealkylation sites (N-methyl/N-ethyl adjacent to an activating group) is 1. The molecule has 1 aliphatic rings. The molecule has 1 N–H and O–H groups in total. The number of likely N-dealkylation sites (tertiary alicyclic amines) is 1. The number of hydrogen-bond acceptors (Lipinski definition) is 3. The summed E-state index contributed by atoms with van der Waals surface area (Å²) in [6.45, 7) is 3.55. The second kappa shape index (κ2) is 6.30. The molecule has 0 aliphatic carbocycles. The summed E-state index contributed by atoms with van der Waals surface area (Å²) in [5.41, 5.74) is 0.339. The predicted molar refractivity (Wildman–Crippen MR) is 79.4 cm³/mol. The molecule has 6 heteroatoms. The lowest BCUT2D eigenvalue weighted by Gasteiger charge is -2.37. The van der Waals surface area contributed by atoms with Crippen LogP contribution in [0.25, 0.3) is 0 Å². The average Bonchev–Trinajstić information content (AvgIpc) is 2.95. The number of carbonyl (C=O) groups excluding carboxylic acids is 1. The van der Waals surface area contributed by atoms with Gasteiger partial charge in [0.25, 0.3) is 0 Å². The van der Waals surface area contributed by atoms with Crippen LogP contribution in [0.15, 0.2) is 18.3 Å². The number of rotatable bonds is 4. The number of carboxylic acids is 1. The largest absolute Gasteiger partial charge is 0.477 e. The maximum atomic E-state index is 12.0. The van der Waals surface area contributed by atoms with E-state index < -0.39 is 5.97 Å². The first kappa shape index (κ1) is 15.6. The third kappa shape index (κ3) is 3.26. The van der Waals surface area contributed by atoms with E-state index in [0.29, 0.717) is 5.69 Å². The Morgan fingerprint density at radius 1 is 1.33 bits per heavy atom. The van der Waals surface area contributed by atoms with Crippen LogP contribution in [0.1, 0.15) is 36.3 Å². The Morgan fingerprint density at radius 2 is 1.95 bits per heavy atom. The molecule has 0 spiro atoms. The van der Waals surface area contributed by atoms with E-state index in [1.807, 2.05) is 17.7 Å². The number of aromatic nitrogens is 1. The fraction of sp³-hybridized carbons (Fsp3) is 0.600. The van der Waals surface area contributed by atoms with Crippen LogP contribution < -0.4 is 0 Å². The molecule has 1 aliphatic heterocycles. The Balaban J connectivity index is 1.99. The van der Waals surface area contributed by atoms with E-state index in [-0.39, 0.29) is 18.0 Å². The molecule has 1 unspecified atom stereocenters. The summed E-state index contributed by atoms with van der Waals surface area (Å²) in [5.74, 6) is -0.778. The fourth-order valence-corrected chi connectivity index (χ4v) is 2.97. The van der Waals surface area contributed by atoms with Gasteiger partial charge in [-0.3, -0.25) is 9.69 Å². The van der Waals surface area contributed by atoms with Crippen molar-refractivity contribution in [2.45, 2.75) is 31.8 Å². The van der Waals surface area contributed by atoms with Crippen molar-refractivity contribution in [2.24, 2.45) is 0 Å². The lowest BCUT2D eigenvalue weighted by Crippen LogP contribution is -2.48. The molecule has 6 nitrogen and oxygen atoms in total. The van der Waals surface area contributed by atoms with Crippen molar-refractivity contribution in [3.05, 3.63) is 24.0 Å². The number of carboxylic acid groups (broad SMARTS) is 1. The maximum absolute atomic E-state index is 12.0. The minimum absolute atomic E-state index is 0.112. The number of hydrogen-bond donors (Lipinski definition) is 1. The second-order valence-corrected chi connectivity index (χ2v) is 5.78. The highest BCUT2D eigenvalue weighted by molar-refractivity contribution is 5.85. The van der Waals surface area contributed by atoms with Crippen LogP contribution in [0.2, 0.25) is 0 Å². The number of carbonyl (C=O) groups is 2. The number of aromatic carboxylic acids is 1. The van der Waals surface area contributed by atoms with Crippen LogP contribution in [0.4, 0.5) is 0 Å². The van der Waals surface area contributed by atoms with Crippen LogP contribution in [-0.2, 0) is 4.79 Å². The number of piperidine rings is 1. The normalized spacial score (nSPS) is 18.4. The zero-order valence-corrected chi connectivity index (χ0v) is 12.8. The number of amides is 1. The molecule has 0 aromatic carbocycles. The van der Waals surface area contributed by atoms with Gasteiger partial charge in [0.15, 0.2) is 0 Å². The third-order valence-electron chi connectivity index (χ3n) is 4.24. The van der Waals surface area contributed by atoms with Crippen LogP contribution in [0.5, 0.6) is 0 Å². The summed E-state index contributed by atoms with van der Waals surface area (Å²) in [6, 6.07) is 3.48. The molecular formula is C15H23N3O3. The van der Waals surface area contributed by atoms with Crippen molar-refractivity contribution < 1.29 is 14.7 Å². The summed E-state index contributed by atoms with van der Waals surface area (Å²) in [6.07, 6.45) is 3.55. The van der Waals surface area contributed by atoms with Crippen molar-refractivity contribution in [3.63, 3.8) is 0 Å². The summed E-state index contributed by atoms with van der Waals surface area (Å²) in [5, 5.41) is 9.18. The summed E-state index contributed by atoms with van der Waals surface area (Å²) >= 11 is 0. The Labute approximate surface area is 124 Å². The van der Waals surface area contributed by atoms with E-state index >= 15 is 0 Å². The average molecular weight is 293 g/mol. The van der Waals surface area contributed by atoms with Gasteiger partial charge in [0.2, 0.25) is 5.91 Å². The maximum Gasteiger partial charge on any atom is 0.352 e. The minimum Gasteiger partial charge on any atom is -0.477 e. The van der Waals surface area contributed by atoms with Gasteiger partial charge in [-0.15, -0.1) is 0 Å². The molecule has 0 bridgehead atoms. The Morgan fingerprint density at radius 3 is 2.48 bits per heavy atom. The summed E-state index contributed by atoms with van der Waals surface area (Å²) in [4.78, 5) is 27.0. The summed E-state index contributed by atoms with van der Waals surface area (Å²) < 4.78 is 1.85. The topological polar surface area (TPSA) is 65.8 Å². The SMILES string of the molecule is CC(C(=O)N(C)C)N1CCC(n2cccc2C(=O)O)CC1. The third-order valence-corrected chi connectivity index (χ3v) is 4.24. The van der Waals surface area contributed by atoms with Crippen LogP contribution in [0, 0.1) is 0 Å². The van der Waals surface area contributed by atoms with Crippen molar-refractivity contribution in [3.8, 4) is 0 Å². The Kier molecular flexibility index (Phi) is 4.67. The zero-order chi connectivity index (χ0) is 15.6. The fourth-order valence-electron chi connectivity index (χ4n) is 2.97. The molecule has 21 heavy (non-hydrogen) atoms. The van der Waals surface area contributed by atoms with Crippen molar-refractivity contribution >= 4 is 11.9 Å². The van der Waals surface area contributed by atoms with Gasteiger partial charge in [-0.05, 0) is 31.9 Å².